The highest BCUT2D eigenvalue weighted by atomic mass is 35.5. The lowest BCUT2D eigenvalue weighted by molar-refractivity contribution is 0.621. The van der Waals surface area contributed by atoms with E-state index in [1.807, 2.05) is 6.07 Å². The van der Waals surface area contributed by atoms with Crippen molar-refractivity contribution in [3.63, 3.8) is 0 Å². The van der Waals surface area contributed by atoms with Gasteiger partial charge in [0.25, 0.3) is 0 Å². The number of hydrogen-bond acceptors (Lipinski definition) is 2. The first-order valence-electron chi connectivity index (χ1n) is 5.43. The first-order valence-corrected chi connectivity index (χ1v) is 5.81. The molecule has 0 aliphatic carbocycles. The number of anilines is 1. The van der Waals surface area contributed by atoms with E-state index in [2.05, 4.69) is 24.1 Å². The second-order valence-corrected chi connectivity index (χ2v) is 4.65. The molecule has 0 amide bonds. The van der Waals surface area contributed by atoms with Crippen molar-refractivity contribution in [2.45, 2.75) is 18.8 Å². The maximum absolute atomic E-state index is 6.03. The molecule has 2 rings (SSSR count). The molecule has 1 aliphatic rings. The maximum atomic E-state index is 6.03. The largest absolute Gasteiger partial charge is 0.374 e. The minimum Gasteiger partial charge on any atom is -0.374 e. The summed E-state index contributed by atoms with van der Waals surface area (Å²) in [5.41, 5.74) is 8.26. The number of rotatable bonds is 3. The van der Waals surface area contributed by atoms with Crippen LogP contribution in [0.25, 0.3) is 0 Å². The summed E-state index contributed by atoms with van der Waals surface area (Å²) >= 11 is 6.03. The van der Waals surface area contributed by atoms with Crippen molar-refractivity contribution < 1.29 is 0 Å². The summed E-state index contributed by atoms with van der Waals surface area (Å²) in [6, 6.07) is 6.17. The van der Waals surface area contributed by atoms with Crippen molar-refractivity contribution in [3.05, 3.63) is 28.8 Å². The molecule has 1 aliphatic heterocycles. The summed E-state index contributed by atoms with van der Waals surface area (Å²) in [7, 11) is 2.13. The fourth-order valence-electron chi connectivity index (χ4n) is 2.34. The lowest BCUT2D eigenvalue weighted by atomic mass is 9.96. The van der Waals surface area contributed by atoms with Crippen molar-refractivity contribution in [2.24, 2.45) is 5.73 Å². The second-order valence-electron chi connectivity index (χ2n) is 4.21. The highest BCUT2D eigenvalue weighted by Crippen LogP contribution is 2.38. The molecule has 0 saturated heterocycles. The first kappa shape index (κ1) is 10.8. The van der Waals surface area contributed by atoms with E-state index in [-0.39, 0.29) is 0 Å². The minimum absolute atomic E-state index is 0.604. The summed E-state index contributed by atoms with van der Waals surface area (Å²) in [6.45, 7) is 1.87. The van der Waals surface area contributed by atoms with E-state index < -0.39 is 0 Å². The lowest BCUT2D eigenvalue weighted by Gasteiger charge is -2.12. The molecule has 0 bridgehead atoms. The van der Waals surface area contributed by atoms with Crippen LogP contribution in [0.15, 0.2) is 18.2 Å². The molecule has 15 heavy (non-hydrogen) atoms. The van der Waals surface area contributed by atoms with Crippen molar-refractivity contribution in [3.8, 4) is 0 Å². The minimum atomic E-state index is 0.604. The Hall–Kier alpha value is -0.730. The van der Waals surface area contributed by atoms with Crippen molar-refractivity contribution in [2.75, 3.05) is 25.0 Å². The summed E-state index contributed by atoms with van der Waals surface area (Å²) in [5, 5.41) is 0.835. The number of hydrogen-bond donors (Lipinski definition) is 1. The van der Waals surface area contributed by atoms with Gasteiger partial charge in [-0.25, -0.2) is 0 Å². The molecule has 0 spiro atoms. The SMILES string of the molecule is CN1CC(CCCN)c2cc(Cl)ccc21. The van der Waals surface area contributed by atoms with Gasteiger partial charge in [-0.2, -0.15) is 0 Å². The summed E-state index contributed by atoms with van der Waals surface area (Å²) in [5.74, 6) is 0.604. The van der Waals surface area contributed by atoms with Crippen LogP contribution in [0.3, 0.4) is 0 Å². The van der Waals surface area contributed by atoms with Gasteiger partial charge in [0.2, 0.25) is 0 Å². The van der Waals surface area contributed by atoms with Crippen LogP contribution in [0.5, 0.6) is 0 Å². The Labute approximate surface area is 96.0 Å². The standard InChI is InChI=1S/C12H17ClN2/c1-15-8-9(3-2-6-14)11-7-10(13)4-5-12(11)15/h4-5,7,9H,2-3,6,8,14H2,1H3. The molecule has 0 saturated carbocycles. The van der Waals surface area contributed by atoms with Gasteiger partial charge in [0.1, 0.15) is 0 Å². The molecule has 0 aromatic heterocycles. The Bertz CT molecular complexity index is 351. The van der Waals surface area contributed by atoms with Crippen LogP contribution >= 0.6 is 11.6 Å². The van der Waals surface area contributed by atoms with Crippen LogP contribution in [0.1, 0.15) is 24.3 Å². The van der Waals surface area contributed by atoms with Crippen molar-refractivity contribution >= 4 is 17.3 Å². The predicted molar refractivity (Wildman–Crippen MR) is 65.8 cm³/mol. The van der Waals surface area contributed by atoms with Crippen LogP contribution in [0.2, 0.25) is 5.02 Å². The Kier molecular flexibility index (Phi) is 3.17. The van der Waals surface area contributed by atoms with Gasteiger partial charge in [-0.3, -0.25) is 0 Å². The average molecular weight is 225 g/mol. The van der Waals surface area contributed by atoms with E-state index in [0.29, 0.717) is 5.92 Å². The second kappa shape index (κ2) is 4.42. The Balaban J connectivity index is 2.23. The van der Waals surface area contributed by atoms with Crippen molar-refractivity contribution in [1.82, 2.24) is 0 Å². The first-order chi connectivity index (χ1) is 7.22. The maximum Gasteiger partial charge on any atom is 0.0410 e. The highest BCUT2D eigenvalue weighted by molar-refractivity contribution is 6.30. The summed E-state index contributed by atoms with van der Waals surface area (Å²) in [6.07, 6.45) is 2.25. The topological polar surface area (TPSA) is 29.3 Å². The van der Waals surface area contributed by atoms with Crippen LogP contribution in [0, 0.1) is 0 Å². The van der Waals surface area contributed by atoms with Crippen LogP contribution in [-0.2, 0) is 0 Å². The van der Waals surface area contributed by atoms with Crippen LogP contribution < -0.4 is 10.6 Å². The molecule has 82 valence electrons. The Morgan fingerprint density at radius 3 is 3.07 bits per heavy atom. The molecule has 2 nitrogen and oxygen atoms in total. The average Bonchev–Trinajstić information content (AvgIpc) is 2.52. The fourth-order valence-corrected chi connectivity index (χ4v) is 2.52. The van der Waals surface area contributed by atoms with Gasteiger partial charge in [0, 0.05) is 30.2 Å². The molecule has 1 aromatic carbocycles. The van der Waals surface area contributed by atoms with Crippen molar-refractivity contribution in [1.29, 1.82) is 0 Å². The summed E-state index contributed by atoms with van der Waals surface area (Å²) in [4.78, 5) is 2.30. The third kappa shape index (κ3) is 2.11. The molecular formula is C12H17ClN2. The number of halogens is 1. The smallest absolute Gasteiger partial charge is 0.0410 e. The predicted octanol–water partition coefficient (Wildman–Crippen LogP) is 2.61. The van der Waals surface area contributed by atoms with E-state index >= 15 is 0 Å². The van der Waals surface area contributed by atoms with E-state index in [0.717, 1.165) is 31.0 Å². The molecule has 3 heteroatoms. The molecule has 0 fully saturated rings. The van der Waals surface area contributed by atoms with E-state index in [1.54, 1.807) is 0 Å². The number of nitrogens with two attached hydrogens (primary N) is 1. The highest BCUT2D eigenvalue weighted by Gasteiger charge is 2.25. The molecule has 2 N–H and O–H groups in total. The van der Waals surface area contributed by atoms with Gasteiger partial charge in [-0.15, -0.1) is 0 Å². The van der Waals surface area contributed by atoms with E-state index in [1.165, 1.54) is 11.3 Å². The van der Waals surface area contributed by atoms with Crippen LogP contribution in [-0.4, -0.2) is 20.1 Å². The number of benzene rings is 1. The zero-order valence-corrected chi connectivity index (χ0v) is 9.80. The van der Waals surface area contributed by atoms with Crippen LogP contribution in [0.4, 0.5) is 5.69 Å². The quantitative estimate of drug-likeness (QED) is 0.855. The Morgan fingerprint density at radius 2 is 2.33 bits per heavy atom. The lowest BCUT2D eigenvalue weighted by Crippen LogP contribution is -2.15. The fraction of sp³-hybridized carbons (Fsp3) is 0.500. The normalized spacial score (nSPS) is 19.4. The molecule has 0 radical (unpaired) electrons. The molecule has 1 atom stereocenters. The third-order valence-electron chi connectivity index (χ3n) is 3.09. The van der Waals surface area contributed by atoms with Gasteiger partial charge in [-0.1, -0.05) is 11.6 Å². The number of nitrogens with zero attached hydrogens (tertiary/aromatic N) is 1. The van der Waals surface area contributed by atoms with Gasteiger partial charge >= 0.3 is 0 Å². The van der Waals surface area contributed by atoms with Gasteiger partial charge in [-0.05, 0) is 43.1 Å². The zero-order chi connectivity index (χ0) is 10.8. The molecule has 1 aromatic rings. The molecule has 1 heterocycles. The van der Waals surface area contributed by atoms with E-state index in [4.69, 9.17) is 17.3 Å². The third-order valence-corrected chi connectivity index (χ3v) is 3.33. The van der Waals surface area contributed by atoms with Gasteiger partial charge in [0.15, 0.2) is 0 Å². The summed E-state index contributed by atoms with van der Waals surface area (Å²) < 4.78 is 0. The van der Waals surface area contributed by atoms with Gasteiger partial charge in [0.05, 0.1) is 0 Å². The molecular weight excluding hydrogens is 208 g/mol. The number of fused-ring (bicyclic) bond motifs is 1. The van der Waals surface area contributed by atoms with Gasteiger partial charge < -0.3 is 10.6 Å². The molecule has 1 unspecified atom stereocenters. The van der Waals surface area contributed by atoms with E-state index in [9.17, 15) is 0 Å². The zero-order valence-electron chi connectivity index (χ0n) is 9.04. The Morgan fingerprint density at radius 1 is 1.53 bits per heavy atom. The number of likely N-dealkylation sites (N-methyl/N-ethyl adjacent to an activating group) is 1. The monoisotopic (exact) mass is 224 g/mol.